The van der Waals surface area contributed by atoms with Crippen molar-refractivity contribution in [1.82, 2.24) is 4.90 Å². The molecule has 1 heterocycles. The van der Waals surface area contributed by atoms with Crippen molar-refractivity contribution >= 4 is 22.7 Å². The third-order valence-corrected chi connectivity index (χ3v) is 3.07. The van der Waals surface area contributed by atoms with Crippen molar-refractivity contribution in [2.75, 3.05) is 24.7 Å². The Bertz CT molecular complexity index is 392. The molecule has 106 valence electrons. The Morgan fingerprint density at radius 1 is 1.11 bits per heavy atom. The van der Waals surface area contributed by atoms with Crippen LogP contribution >= 0.6 is 17.0 Å². The molecule has 0 N–H and O–H groups in total. The van der Waals surface area contributed by atoms with Gasteiger partial charge in [0, 0.05) is 24.6 Å². The van der Waals surface area contributed by atoms with Crippen LogP contribution in [0.15, 0.2) is 36.7 Å². The van der Waals surface area contributed by atoms with E-state index in [0.717, 1.165) is 19.0 Å². The van der Waals surface area contributed by atoms with Gasteiger partial charge in [-0.2, -0.15) is 0 Å². The summed E-state index contributed by atoms with van der Waals surface area (Å²) >= 11 is 0. The fraction of sp³-hybridized carbons (Fsp3) is 0.467. The van der Waals surface area contributed by atoms with E-state index in [1.54, 1.807) is 0 Å². The van der Waals surface area contributed by atoms with Crippen LogP contribution in [0.2, 0.25) is 0 Å². The number of nitrogens with zero attached hydrogens (tertiary/aromatic N) is 2. The first-order valence-corrected chi connectivity index (χ1v) is 6.75. The highest BCUT2D eigenvalue weighted by Crippen LogP contribution is 2.22. The SMILES string of the molecule is Br.CCCCN1C=CN(c2ccc(OCC)cc2)C1. The average molecular weight is 327 g/mol. The normalized spacial score (nSPS) is 13.6. The number of benzene rings is 1. The molecule has 0 saturated heterocycles. The van der Waals surface area contributed by atoms with Gasteiger partial charge < -0.3 is 14.5 Å². The Hall–Kier alpha value is -1.16. The van der Waals surface area contributed by atoms with Gasteiger partial charge in [-0.15, -0.1) is 17.0 Å². The third-order valence-electron chi connectivity index (χ3n) is 3.07. The van der Waals surface area contributed by atoms with Crippen LogP contribution in [0.1, 0.15) is 26.7 Å². The highest BCUT2D eigenvalue weighted by atomic mass is 79.9. The van der Waals surface area contributed by atoms with Crippen LogP contribution in [0, 0.1) is 0 Å². The summed E-state index contributed by atoms with van der Waals surface area (Å²) in [6.45, 7) is 7.04. The van der Waals surface area contributed by atoms with E-state index in [0.29, 0.717) is 6.61 Å². The van der Waals surface area contributed by atoms with Gasteiger partial charge in [0.15, 0.2) is 0 Å². The molecule has 0 unspecified atom stereocenters. The van der Waals surface area contributed by atoms with E-state index < -0.39 is 0 Å². The lowest BCUT2D eigenvalue weighted by atomic mass is 10.3. The van der Waals surface area contributed by atoms with Crippen LogP contribution < -0.4 is 9.64 Å². The number of hydrogen-bond donors (Lipinski definition) is 0. The van der Waals surface area contributed by atoms with Crippen LogP contribution in [0.25, 0.3) is 0 Å². The zero-order chi connectivity index (χ0) is 12.8. The van der Waals surface area contributed by atoms with Crippen LogP contribution in [-0.2, 0) is 0 Å². The summed E-state index contributed by atoms with van der Waals surface area (Å²) in [4.78, 5) is 4.60. The maximum absolute atomic E-state index is 5.45. The minimum atomic E-state index is 0. The summed E-state index contributed by atoms with van der Waals surface area (Å²) in [7, 11) is 0. The van der Waals surface area contributed by atoms with Crippen molar-refractivity contribution in [3.63, 3.8) is 0 Å². The smallest absolute Gasteiger partial charge is 0.119 e. The molecule has 1 aliphatic heterocycles. The predicted molar refractivity (Wildman–Crippen MR) is 86.0 cm³/mol. The fourth-order valence-corrected chi connectivity index (χ4v) is 2.04. The molecule has 1 aliphatic rings. The number of halogens is 1. The summed E-state index contributed by atoms with van der Waals surface area (Å²) < 4.78 is 5.45. The maximum Gasteiger partial charge on any atom is 0.119 e. The summed E-state index contributed by atoms with van der Waals surface area (Å²) in [5, 5.41) is 0. The van der Waals surface area contributed by atoms with E-state index in [2.05, 4.69) is 41.3 Å². The monoisotopic (exact) mass is 326 g/mol. The lowest BCUT2D eigenvalue weighted by molar-refractivity contribution is 0.340. The lowest BCUT2D eigenvalue weighted by Crippen LogP contribution is -2.25. The van der Waals surface area contributed by atoms with Gasteiger partial charge in [0.25, 0.3) is 0 Å². The lowest BCUT2D eigenvalue weighted by Gasteiger charge is -2.21. The number of anilines is 1. The molecule has 0 saturated carbocycles. The number of rotatable bonds is 6. The van der Waals surface area contributed by atoms with Gasteiger partial charge in [0.2, 0.25) is 0 Å². The maximum atomic E-state index is 5.45. The molecule has 0 aromatic heterocycles. The molecule has 3 nitrogen and oxygen atoms in total. The van der Waals surface area contributed by atoms with Crippen LogP contribution in [0.5, 0.6) is 5.75 Å². The first kappa shape index (κ1) is 15.9. The van der Waals surface area contributed by atoms with Gasteiger partial charge in [-0.25, -0.2) is 0 Å². The van der Waals surface area contributed by atoms with Crippen molar-refractivity contribution in [1.29, 1.82) is 0 Å². The molecule has 0 atom stereocenters. The van der Waals surface area contributed by atoms with E-state index in [-0.39, 0.29) is 17.0 Å². The van der Waals surface area contributed by atoms with Crippen molar-refractivity contribution < 1.29 is 4.74 Å². The van der Waals surface area contributed by atoms with Gasteiger partial charge in [0.05, 0.1) is 13.3 Å². The molecule has 0 fully saturated rings. The second-order valence-electron chi connectivity index (χ2n) is 4.50. The summed E-state index contributed by atoms with van der Waals surface area (Å²) in [5.74, 6) is 0.937. The number of unbranched alkanes of at least 4 members (excludes halogenated alkanes) is 1. The fourth-order valence-electron chi connectivity index (χ4n) is 2.04. The molecular formula is C15H23BrN2O. The summed E-state index contributed by atoms with van der Waals surface area (Å²) in [6.07, 6.45) is 6.81. The van der Waals surface area contributed by atoms with Gasteiger partial charge in [-0.3, -0.25) is 0 Å². The summed E-state index contributed by atoms with van der Waals surface area (Å²) in [5.41, 5.74) is 1.22. The first-order chi connectivity index (χ1) is 8.83. The highest BCUT2D eigenvalue weighted by Gasteiger charge is 2.12. The number of hydrogen-bond acceptors (Lipinski definition) is 3. The molecule has 0 bridgehead atoms. The van der Waals surface area contributed by atoms with Crippen molar-refractivity contribution in [2.24, 2.45) is 0 Å². The second-order valence-corrected chi connectivity index (χ2v) is 4.50. The second kappa shape index (κ2) is 8.10. The zero-order valence-corrected chi connectivity index (χ0v) is 13.4. The summed E-state index contributed by atoms with van der Waals surface area (Å²) in [6, 6.07) is 8.28. The zero-order valence-electron chi connectivity index (χ0n) is 11.7. The van der Waals surface area contributed by atoms with E-state index in [9.17, 15) is 0 Å². The van der Waals surface area contributed by atoms with Gasteiger partial charge >= 0.3 is 0 Å². The predicted octanol–water partition coefficient (Wildman–Crippen LogP) is 4.01. The third kappa shape index (κ3) is 4.46. The van der Waals surface area contributed by atoms with Gasteiger partial charge in [-0.1, -0.05) is 13.3 Å². The Kier molecular flexibility index (Phi) is 6.78. The highest BCUT2D eigenvalue weighted by molar-refractivity contribution is 8.93. The molecule has 0 amide bonds. The molecule has 4 heteroatoms. The Morgan fingerprint density at radius 2 is 1.84 bits per heavy atom. The standard InChI is InChI=1S/C15H22N2O.BrH/c1-3-5-10-16-11-12-17(13-16)14-6-8-15(9-7-14)18-4-2;/h6-9,11-12H,3-5,10,13H2,1-2H3;1H. The van der Waals surface area contributed by atoms with Crippen LogP contribution in [-0.4, -0.2) is 24.7 Å². The Balaban J connectivity index is 0.00000180. The molecular weight excluding hydrogens is 304 g/mol. The van der Waals surface area contributed by atoms with E-state index in [1.165, 1.54) is 18.5 Å². The van der Waals surface area contributed by atoms with Crippen molar-refractivity contribution in [3.8, 4) is 5.75 Å². The molecule has 0 spiro atoms. The molecule has 19 heavy (non-hydrogen) atoms. The topological polar surface area (TPSA) is 15.7 Å². The van der Waals surface area contributed by atoms with Gasteiger partial charge in [0.1, 0.15) is 5.75 Å². The van der Waals surface area contributed by atoms with Crippen LogP contribution in [0.3, 0.4) is 0 Å². The quantitative estimate of drug-likeness (QED) is 0.785. The van der Waals surface area contributed by atoms with E-state index in [4.69, 9.17) is 4.74 Å². The average Bonchev–Trinajstić information content (AvgIpc) is 2.86. The van der Waals surface area contributed by atoms with Crippen LogP contribution in [0.4, 0.5) is 5.69 Å². The minimum Gasteiger partial charge on any atom is -0.494 e. The Morgan fingerprint density at radius 3 is 2.47 bits per heavy atom. The Labute approximate surface area is 126 Å². The van der Waals surface area contributed by atoms with Crippen molar-refractivity contribution in [2.45, 2.75) is 26.7 Å². The largest absolute Gasteiger partial charge is 0.494 e. The minimum absolute atomic E-state index is 0. The molecule has 1 aromatic carbocycles. The molecule has 0 aliphatic carbocycles. The van der Waals surface area contributed by atoms with E-state index >= 15 is 0 Å². The van der Waals surface area contributed by atoms with Crippen molar-refractivity contribution in [3.05, 3.63) is 36.7 Å². The molecule has 2 rings (SSSR count). The number of ether oxygens (including phenoxy) is 1. The molecule has 0 radical (unpaired) electrons. The first-order valence-electron chi connectivity index (χ1n) is 6.75. The van der Waals surface area contributed by atoms with E-state index in [1.807, 2.05) is 19.1 Å². The molecule has 1 aromatic rings. The van der Waals surface area contributed by atoms with Gasteiger partial charge in [-0.05, 0) is 37.6 Å².